The molecule has 0 aliphatic carbocycles. The Kier molecular flexibility index (Phi) is 4.82. The van der Waals surface area contributed by atoms with Crippen molar-refractivity contribution in [3.8, 4) is 0 Å². The highest BCUT2D eigenvalue weighted by atomic mass is 32.1. The van der Waals surface area contributed by atoms with Crippen LogP contribution >= 0.6 is 11.3 Å². The van der Waals surface area contributed by atoms with Crippen LogP contribution in [0.25, 0.3) is 0 Å². The van der Waals surface area contributed by atoms with E-state index in [4.69, 9.17) is 0 Å². The summed E-state index contributed by atoms with van der Waals surface area (Å²) in [4.78, 5) is 4.27. The Morgan fingerprint density at radius 2 is 2.22 bits per heavy atom. The fraction of sp³-hybridized carbons (Fsp3) is 0.733. The highest BCUT2D eigenvalue weighted by Gasteiger charge is 2.27. The van der Waals surface area contributed by atoms with Crippen molar-refractivity contribution in [3.63, 3.8) is 0 Å². The van der Waals surface area contributed by atoms with Crippen molar-refractivity contribution in [1.29, 1.82) is 0 Å². The van der Waals surface area contributed by atoms with E-state index in [1.807, 2.05) is 11.3 Å². The molecule has 102 valence electrons. The molecule has 1 aromatic heterocycles. The summed E-state index contributed by atoms with van der Waals surface area (Å²) in [5.74, 6) is 0. The van der Waals surface area contributed by atoms with E-state index in [1.165, 1.54) is 19.4 Å². The summed E-state index contributed by atoms with van der Waals surface area (Å²) in [5, 5.41) is 5.77. The summed E-state index contributed by atoms with van der Waals surface area (Å²) in [6, 6.07) is 4.17. The van der Waals surface area contributed by atoms with Crippen molar-refractivity contribution in [2.24, 2.45) is 0 Å². The van der Waals surface area contributed by atoms with Crippen molar-refractivity contribution in [3.05, 3.63) is 21.9 Å². The number of thiophene rings is 1. The Bertz CT molecular complexity index is 372. The Morgan fingerprint density at radius 3 is 2.94 bits per heavy atom. The van der Waals surface area contributed by atoms with Gasteiger partial charge < -0.3 is 5.32 Å². The van der Waals surface area contributed by atoms with Gasteiger partial charge in [0.15, 0.2) is 0 Å². The average molecular weight is 266 g/mol. The maximum atomic E-state index is 3.52. The Labute approximate surface area is 115 Å². The quantitative estimate of drug-likeness (QED) is 0.878. The molecule has 2 nitrogen and oxygen atoms in total. The molecule has 18 heavy (non-hydrogen) atoms. The minimum Gasteiger partial charge on any atom is -0.314 e. The number of rotatable bonds is 5. The van der Waals surface area contributed by atoms with Crippen molar-refractivity contribution < 1.29 is 0 Å². The molecular weight excluding hydrogens is 240 g/mol. The molecule has 2 heterocycles. The molecule has 0 radical (unpaired) electrons. The van der Waals surface area contributed by atoms with Gasteiger partial charge in [-0.25, -0.2) is 0 Å². The van der Waals surface area contributed by atoms with E-state index >= 15 is 0 Å². The predicted molar refractivity (Wildman–Crippen MR) is 80.4 cm³/mol. The fourth-order valence-electron chi connectivity index (χ4n) is 2.88. The van der Waals surface area contributed by atoms with E-state index in [0.717, 1.165) is 6.54 Å². The summed E-state index contributed by atoms with van der Waals surface area (Å²) in [7, 11) is 0. The highest BCUT2D eigenvalue weighted by molar-refractivity contribution is 7.10. The van der Waals surface area contributed by atoms with Crippen LogP contribution in [0, 0.1) is 0 Å². The minimum atomic E-state index is 0.592. The maximum Gasteiger partial charge on any atom is 0.0333 e. The maximum absolute atomic E-state index is 3.52. The molecule has 2 unspecified atom stereocenters. The van der Waals surface area contributed by atoms with Crippen LogP contribution in [0.2, 0.25) is 0 Å². The fourth-order valence-corrected chi connectivity index (χ4v) is 3.84. The van der Waals surface area contributed by atoms with Gasteiger partial charge in [-0.3, -0.25) is 4.90 Å². The average Bonchev–Trinajstić information content (AvgIpc) is 2.77. The molecule has 1 aliphatic rings. The zero-order valence-electron chi connectivity index (χ0n) is 12.1. The lowest BCUT2D eigenvalue weighted by molar-refractivity contribution is 0.138. The van der Waals surface area contributed by atoms with E-state index in [1.54, 1.807) is 10.4 Å². The first-order valence-corrected chi connectivity index (χ1v) is 8.03. The van der Waals surface area contributed by atoms with Gasteiger partial charge in [-0.15, -0.1) is 11.3 Å². The van der Waals surface area contributed by atoms with Gasteiger partial charge in [-0.2, -0.15) is 0 Å². The van der Waals surface area contributed by atoms with E-state index < -0.39 is 0 Å². The number of fused-ring (bicyclic) bond motifs is 1. The van der Waals surface area contributed by atoms with Crippen LogP contribution in [-0.2, 0) is 6.42 Å². The van der Waals surface area contributed by atoms with E-state index in [9.17, 15) is 0 Å². The highest BCUT2D eigenvalue weighted by Crippen LogP contribution is 2.34. The van der Waals surface area contributed by atoms with Crippen molar-refractivity contribution in [2.45, 2.75) is 58.7 Å². The second-order valence-electron chi connectivity index (χ2n) is 5.71. The number of nitrogens with zero attached hydrogens (tertiary/aromatic N) is 1. The molecule has 1 aromatic rings. The SMILES string of the molecule is CC(C)NCCC(C)N1CCc2sccc2C1C. The largest absolute Gasteiger partial charge is 0.314 e. The van der Waals surface area contributed by atoms with E-state index in [2.05, 4.69) is 49.4 Å². The summed E-state index contributed by atoms with van der Waals surface area (Å²) in [6.45, 7) is 11.5. The zero-order chi connectivity index (χ0) is 13.1. The second-order valence-corrected chi connectivity index (χ2v) is 6.71. The van der Waals surface area contributed by atoms with Gasteiger partial charge in [-0.1, -0.05) is 13.8 Å². The summed E-state index contributed by atoms with van der Waals surface area (Å²) in [6.07, 6.45) is 2.47. The summed E-state index contributed by atoms with van der Waals surface area (Å²) < 4.78 is 0. The smallest absolute Gasteiger partial charge is 0.0333 e. The molecule has 3 heteroatoms. The second kappa shape index (κ2) is 6.18. The predicted octanol–water partition coefficient (Wildman–Crippen LogP) is 3.44. The van der Waals surface area contributed by atoms with Crippen LogP contribution in [-0.4, -0.2) is 30.1 Å². The third-order valence-corrected chi connectivity index (χ3v) is 5.00. The van der Waals surface area contributed by atoms with Gasteiger partial charge in [-0.05, 0) is 50.2 Å². The lowest BCUT2D eigenvalue weighted by Crippen LogP contribution is -2.41. The first-order chi connectivity index (χ1) is 8.59. The van der Waals surface area contributed by atoms with Gasteiger partial charge in [0, 0.05) is 29.5 Å². The number of hydrogen-bond donors (Lipinski definition) is 1. The van der Waals surface area contributed by atoms with Gasteiger partial charge in [0.2, 0.25) is 0 Å². The van der Waals surface area contributed by atoms with Crippen LogP contribution in [0.4, 0.5) is 0 Å². The zero-order valence-corrected chi connectivity index (χ0v) is 12.9. The first kappa shape index (κ1) is 14.0. The molecule has 0 fully saturated rings. The molecule has 0 spiro atoms. The van der Waals surface area contributed by atoms with Crippen molar-refractivity contribution >= 4 is 11.3 Å². The Hall–Kier alpha value is -0.380. The third kappa shape index (κ3) is 3.14. The molecule has 0 aromatic carbocycles. The lowest BCUT2D eigenvalue weighted by Gasteiger charge is -2.38. The van der Waals surface area contributed by atoms with E-state index in [0.29, 0.717) is 18.1 Å². The number of hydrogen-bond acceptors (Lipinski definition) is 3. The van der Waals surface area contributed by atoms with Crippen LogP contribution in [0.1, 0.15) is 50.6 Å². The molecule has 0 saturated heterocycles. The molecular formula is C15H26N2S. The molecule has 1 aliphatic heterocycles. The normalized spacial score (nSPS) is 22.2. The molecule has 0 amide bonds. The molecule has 0 bridgehead atoms. The summed E-state index contributed by atoms with van der Waals surface area (Å²) >= 11 is 1.93. The topological polar surface area (TPSA) is 15.3 Å². The molecule has 0 saturated carbocycles. The Balaban J connectivity index is 1.90. The van der Waals surface area contributed by atoms with Crippen molar-refractivity contribution in [1.82, 2.24) is 10.2 Å². The molecule has 1 N–H and O–H groups in total. The molecule has 2 atom stereocenters. The van der Waals surface area contributed by atoms with E-state index in [-0.39, 0.29) is 0 Å². The van der Waals surface area contributed by atoms with Gasteiger partial charge in [0.05, 0.1) is 0 Å². The van der Waals surface area contributed by atoms with Crippen molar-refractivity contribution in [2.75, 3.05) is 13.1 Å². The minimum absolute atomic E-state index is 0.592. The van der Waals surface area contributed by atoms with Crippen LogP contribution in [0.3, 0.4) is 0 Å². The third-order valence-electron chi connectivity index (χ3n) is 4.01. The first-order valence-electron chi connectivity index (χ1n) is 7.15. The lowest BCUT2D eigenvalue weighted by atomic mass is 9.99. The standard InChI is InChI=1S/C15H26N2S/c1-11(2)16-8-5-12(3)17-9-6-15-14(13(17)4)7-10-18-15/h7,10-13,16H,5-6,8-9H2,1-4H3. The van der Waals surface area contributed by atoms with Crippen LogP contribution in [0.15, 0.2) is 11.4 Å². The summed E-state index contributed by atoms with van der Waals surface area (Å²) in [5.41, 5.74) is 1.56. The van der Waals surface area contributed by atoms with Crippen LogP contribution in [0.5, 0.6) is 0 Å². The number of nitrogens with one attached hydrogen (secondary N) is 1. The van der Waals surface area contributed by atoms with Crippen LogP contribution < -0.4 is 5.32 Å². The van der Waals surface area contributed by atoms with Gasteiger partial charge in [0.25, 0.3) is 0 Å². The monoisotopic (exact) mass is 266 g/mol. The molecule has 2 rings (SSSR count). The Morgan fingerprint density at radius 1 is 1.44 bits per heavy atom. The van der Waals surface area contributed by atoms with Gasteiger partial charge >= 0.3 is 0 Å². The van der Waals surface area contributed by atoms with Gasteiger partial charge in [0.1, 0.15) is 0 Å².